The van der Waals surface area contributed by atoms with Crippen molar-refractivity contribution in [3.8, 4) is 0 Å². The molecule has 2 aromatic carbocycles. The van der Waals surface area contributed by atoms with Crippen LogP contribution in [0.3, 0.4) is 0 Å². The maximum atomic E-state index is 4.84. The number of hydrogen-bond acceptors (Lipinski definition) is 1. The first-order valence-electron chi connectivity index (χ1n) is 8.43. The van der Waals surface area contributed by atoms with Gasteiger partial charge in [-0.25, -0.2) is 0 Å². The predicted octanol–water partition coefficient (Wildman–Crippen LogP) is 2.34. The fraction of sp³-hybridized carbons (Fsp3) is 0.190. The van der Waals surface area contributed by atoms with Gasteiger partial charge in [-0.2, -0.15) is 0 Å². The van der Waals surface area contributed by atoms with Gasteiger partial charge in [0.05, 0.1) is 0 Å². The largest absolute Gasteiger partial charge is 0.258 e. The SMILES string of the molecule is [AlH2].[AlH2].c1ccc(PCCc2cccc(CCPc3ccccc3)n2)cc1. The topological polar surface area (TPSA) is 12.9 Å². The Labute approximate surface area is 182 Å². The van der Waals surface area contributed by atoms with Crippen molar-refractivity contribution >= 4 is 62.5 Å². The average molecular weight is 409 g/mol. The lowest BCUT2D eigenvalue weighted by Gasteiger charge is -2.06. The van der Waals surface area contributed by atoms with Crippen LogP contribution in [0.4, 0.5) is 0 Å². The minimum absolute atomic E-state index is 0. The Morgan fingerprint density at radius 3 is 1.38 bits per heavy atom. The quantitative estimate of drug-likeness (QED) is 0.411. The van der Waals surface area contributed by atoms with Gasteiger partial charge in [0.2, 0.25) is 0 Å². The minimum atomic E-state index is 0. The first-order chi connectivity index (χ1) is 11.9. The lowest BCUT2D eigenvalue weighted by atomic mass is 10.2. The van der Waals surface area contributed by atoms with E-state index in [4.69, 9.17) is 4.98 Å². The van der Waals surface area contributed by atoms with Crippen molar-refractivity contribution in [3.05, 3.63) is 90.3 Å². The zero-order valence-electron chi connectivity index (χ0n) is 15.8. The molecule has 2 atom stereocenters. The van der Waals surface area contributed by atoms with Gasteiger partial charge in [0.25, 0.3) is 0 Å². The first kappa shape index (κ1) is 23.6. The van der Waals surface area contributed by atoms with E-state index in [1.807, 2.05) is 0 Å². The van der Waals surface area contributed by atoms with Crippen molar-refractivity contribution in [2.24, 2.45) is 0 Å². The maximum absolute atomic E-state index is 4.84. The summed E-state index contributed by atoms with van der Waals surface area (Å²) in [5, 5.41) is 2.88. The molecule has 0 saturated heterocycles. The fourth-order valence-electron chi connectivity index (χ4n) is 2.59. The third kappa shape index (κ3) is 8.47. The van der Waals surface area contributed by atoms with Gasteiger partial charge in [0, 0.05) is 11.4 Å². The van der Waals surface area contributed by atoms with Gasteiger partial charge < -0.3 is 0 Å². The third-order valence-corrected chi connectivity index (χ3v) is 6.32. The number of nitrogens with zero attached hydrogens (tertiary/aromatic N) is 1. The molecule has 0 aliphatic rings. The van der Waals surface area contributed by atoms with Crippen LogP contribution in [0.25, 0.3) is 0 Å². The summed E-state index contributed by atoms with van der Waals surface area (Å²) in [6.07, 6.45) is 4.52. The summed E-state index contributed by atoms with van der Waals surface area (Å²) < 4.78 is 0. The lowest BCUT2D eigenvalue weighted by Crippen LogP contribution is -2.01. The Morgan fingerprint density at radius 2 is 0.962 bits per heavy atom. The fourth-order valence-corrected chi connectivity index (χ4v) is 4.79. The molecule has 0 aliphatic heterocycles. The van der Waals surface area contributed by atoms with Gasteiger partial charge >= 0.3 is 0 Å². The van der Waals surface area contributed by atoms with Crippen LogP contribution < -0.4 is 10.6 Å². The van der Waals surface area contributed by atoms with Gasteiger partial charge in [-0.3, -0.25) is 4.98 Å². The number of pyridine rings is 1. The molecule has 0 saturated carbocycles. The molecule has 0 N–H and O–H groups in total. The highest BCUT2D eigenvalue weighted by Gasteiger charge is 2.00. The van der Waals surface area contributed by atoms with Crippen LogP contribution in [-0.4, -0.2) is 52.0 Å². The molecule has 1 aromatic heterocycles. The van der Waals surface area contributed by atoms with Crippen molar-refractivity contribution in [3.63, 3.8) is 0 Å². The van der Waals surface area contributed by atoms with E-state index in [1.165, 1.54) is 34.3 Å². The van der Waals surface area contributed by atoms with E-state index in [-0.39, 0.29) is 34.7 Å². The van der Waals surface area contributed by atoms with Crippen LogP contribution >= 0.6 is 17.2 Å². The number of hydrogen-bond donors (Lipinski definition) is 0. The van der Waals surface area contributed by atoms with Gasteiger partial charge in [-0.15, -0.1) is 0 Å². The van der Waals surface area contributed by atoms with Crippen molar-refractivity contribution in [2.45, 2.75) is 12.8 Å². The van der Waals surface area contributed by atoms with E-state index in [9.17, 15) is 0 Å². The minimum Gasteiger partial charge on any atom is -0.258 e. The van der Waals surface area contributed by atoms with E-state index >= 15 is 0 Å². The molecule has 5 heteroatoms. The highest BCUT2D eigenvalue weighted by molar-refractivity contribution is 7.47. The zero-order valence-corrected chi connectivity index (χ0v) is 21.8. The van der Waals surface area contributed by atoms with E-state index < -0.39 is 0 Å². The highest BCUT2D eigenvalue weighted by atomic mass is 31.1. The lowest BCUT2D eigenvalue weighted by molar-refractivity contribution is 0.964. The van der Waals surface area contributed by atoms with Crippen LogP contribution in [0.15, 0.2) is 78.9 Å². The molecule has 0 amide bonds. The van der Waals surface area contributed by atoms with Gasteiger partial charge in [0.15, 0.2) is 0 Å². The Balaban J connectivity index is 0.00000169. The first-order valence-corrected chi connectivity index (χ1v) is 10.8. The highest BCUT2D eigenvalue weighted by Crippen LogP contribution is 2.14. The normalized spacial score (nSPS) is 10.8. The standard InChI is InChI=1S/C21H23NP2.2Al.4H/c1-3-10-20(11-4-1)23-16-14-18-8-7-9-19(22-18)15-17-24-21-12-5-2-6-13-21;;;;;;/h1-13,23-24H,14-17H2;;;;;;. The number of aromatic nitrogens is 1. The second-order valence-electron chi connectivity index (χ2n) is 5.71. The van der Waals surface area contributed by atoms with Gasteiger partial charge in [0.1, 0.15) is 34.7 Å². The van der Waals surface area contributed by atoms with E-state index in [2.05, 4.69) is 78.9 Å². The molecule has 26 heavy (non-hydrogen) atoms. The van der Waals surface area contributed by atoms with Crippen molar-refractivity contribution in [1.82, 2.24) is 4.98 Å². The van der Waals surface area contributed by atoms with Gasteiger partial charge in [-0.1, -0.05) is 83.9 Å². The van der Waals surface area contributed by atoms with Crippen molar-refractivity contribution < 1.29 is 0 Å². The summed E-state index contributed by atoms with van der Waals surface area (Å²) in [6.45, 7) is 0. The predicted molar refractivity (Wildman–Crippen MR) is 127 cm³/mol. The van der Waals surface area contributed by atoms with Crippen LogP contribution in [0, 0.1) is 0 Å². The van der Waals surface area contributed by atoms with E-state index in [0.717, 1.165) is 30.0 Å². The molecule has 132 valence electrons. The molecule has 0 spiro atoms. The average Bonchev–Trinajstić information content (AvgIpc) is 2.64. The summed E-state index contributed by atoms with van der Waals surface area (Å²) in [5.74, 6) is 0. The number of benzene rings is 2. The molecule has 0 bridgehead atoms. The Kier molecular flexibility index (Phi) is 12.4. The molecule has 1 nitrogen and oxygen atoms in total. The Hall–Kier alpha value is -0.485. The van der Waals surface area contributed by atoms with Crippen LogP contribution in [-0.2, 0) is 12.8 Å². The van der Waals surface area contributed by atoms with Crippen LogP contribution in [0.1, 0.15) is 11.4 Å². The second kappa shape index (κ2) is 13.6. The van der Waals surface area contributed by atoms with E-state index in [0.29, 0.717) is 0 Å². The van der Waals surface area contributed by atoms with Crippen molar-refractivity contribution in [1.29, 1.82) is 0 Å². The summed E-state index contributed by atoms with van der Waals surface area (Å²) >= 11 is 0. The summed E-state index contributed by atoms with van der Waals surface area (Å²) in [5.41, 5.74) is 2.47. The molecular weight excluding hydrogens is 382 g/mol. The summed E-state index contributed by atoms with van der Waals surface area (Å²) in [6, 6.07) is 28.0. The molecule has 0 aliphatic carbocycles. The molecule has 1 heterocycles. The summed E-state index contributed by atoms with van der Waals surface area (Å²) in [4.78, 5) is 4.84. The van der Waals surface area contributed by atoms with Crippen molar-refractivity contribution in [2.75, 3.05) is 12.3 Å². The molecule has 2 radical (unpaired) electrons. The molecule has 3 rings (SSSR count). The monoisotopic (exact) mass is 409 g/mol. The van der Waals surface area contributed by atoms with E-state index in [1.54, 1.807) is 0 Å². The summed E-state index contributed by atoms with van der Waals surface area (Å²) in [7, 11) is 1.74. The second-order valence-corrected chi connectivity index (χ2v) is 8.57. The number of rotatable bonds is 8. The molecular formula is C21H27Al2NP2. The van der Waals surface area contributed by atoms with Crippen LogP contribution in [0.5, 0.6) is 0 Å². The third-order valence-electron chi connectivity index (χ3n) is 3.83. The Morgan fingerprint density at radius 1 is 0.538 bits per heavy atom. The smallest absolute Gasteiger partial charge is 0.146 e. The maximum Gasteiger partial charge on any atom is 0.146 e. The van der Waals surface area contributed by atoms with Gasteiger partial charge in [-0.05, 0) is 47.9 Å². The number of aryl methyl sites for hydroxylation is 2. The molecule has 3 aromatic rings. The Bertz CT molecular complexity index is 679. The molecule has 0 fully saturated rings. The molecule has 2 unspecified atom stereocenters. The zero-order chi connectivity index (χ0) is 16.5. The van der Waals surface area contributed by atoms with Crippen LogP contribution in [0.2, 0.25) is 0 Å².